The highest BCUT2D eigenvalue weighted by atomic mass is 16.2. The fourth-order valence-electron chi connectivity index (χ4n) is 5.19. The van der Waals surface area contributed by atoms with Crippen LogP contribution in [0.1, 0.15) is 53.4 Å². The van der Waals surface area contributed by atoms with Gasteiger partial charge in [-0.3, -0.25) is 4.79 Å². The minimum Gasteiger partial charge on any atom is -0.362 e. The smallest absolute Gasteiger partial charge is 0.233 e. The van der Waals surface area contributed by atoms with Gasteiger partial charge in [0.2, 0.25) is 5.91 Å². The van der Waals surface area contributed by atoms with E-state index >= 15 is 0 Å². The number of carbonyl (C=O) groups is 1. The van der Waals surface area contributed by atoms with Crippen molar-refractivity contribution in [3.05, 3.63) is 94.3 Å². The predicted octanol–water partition coefficient (Wildman–Crippen LogP) is 5.38. The van der Waals surface area contributed by atoms with Crippen LogP contribution in [0.2, 0.25) is 0 Å². The average Bonchev–Trinajstić information content (AvgIpc) is 3.41. The van der Waals surface area contributed by atoms with Gasteiger partial charge in [0.1, 0.15) is 0 Å². The lowest BCUT2D eigenvalue weighted by Gasteiger charge is -2.34. The van der Waals surface area contributed by atoms with E-state index in [0.717, 1.165) is 30.5 Å². The third-order valence-electron chi connectivity index (χ3n) is 6.61. The zero-order valence-corrected chi connectivity index (χ0v) is 17.0. The van der Waals surface area contributed by atoms with Gasteiger partial charge in [-0.2, -0.15) is 0 Å². The van der Waals surface area contributed by atoms with Crippen molar-refractivity contribution in [1.82, 2.24) is 4.98 Å². The minimum absolute atomic E-state index is 0.0906. The SMILES string of the molecule is CCc1cc(CC)c(CC2(C3C(=O)Nc4ccccc43)C=Cc3ccccc32)[nH]1. The van der Waals surface area contributed by atoms with Crippen molar-refractivity contribution in [3.8, 4) is 0 Å². The molecule has 0 saturated heterocycles. The largest absolute Gasteiger partial charge is 0.362 e. The highest BCUT2D eigenvalue weighted by Gasteiger charge is 2.50. The summed E-state index contributed by atoms with van der Waals surface area (Å²) >= 11 is 0. The number of aryl methyl sites for hydroxylation is 2. The molecule has 2 N–H and O–H groups in total. The monoisotopic (exact) mass is 382 g/mol. The van der Waals surface area contributed by atoms with Crippen molar-refractivity contribution in [1.29, 1.82) is 0 Å². The van der Waals surface area contributed by atoms with E-state index < -0.39 is 5.41 Å². The summed E-state index contributed by atoms with van der Waals surface area (Å²) in [6.07, 6.45) is 7.23. The Balaban J connectivity index is 1.70. The van der Waals surface area contributed by atoms with Crippen LogP contribution < -0.4 is 5.32 Å². The average molecular weight is 383 g/mol. The van der Waals surface area contributed by atoms with Crippen LogP contribution in [0.15, 0.2) is 60.7 Å². The summed E-state index contributed by atoms with van der Waals surface area (Å²) in [7, 11) is 0. The quantitative estimate of drug-likeness (QED) is 0.611. The molecule has 2 heterocycles. The molecular formula is C26H26N2O. The molecule has 1 aliphatic heterocycles. The molecule has 3 heteroatoms. The topological polar surface area (TPSA) is 44.9 Å². The van der Waals surface area contributed by atoms with Crippen LogP contribution in [-0.4, -0.2) is 10.9 Å². The van der Waals surface area contributed by atoms with Gasteiger partial charge in [-0.15, -0.1) is 0 Å². The molecule has 0 radical (unpaired) electrons. The van der Waals surface area contributed by atoms with E-state index in [-0.39, 0.29) is 11.8 Å². The number of rotatable bonds is 5. The molecule has 0 fully saturated rings. The third kappa shape index (κ3) is 2.68. The second-order valence-electron chi connectivity index (χ2n) is 8.15. The van der Waals surface area contributed by atoms with Crippen molar-refractivity contribution < 1.29 is 4.79 Å². The number of aromatic nitrogens is 1. The van der Waals surface area contributed by atoms with Gasteiger partial charge in [-0.25, -0.2) is 0 Å². The molecule has 2 aliphatic rings. The number of H-pyrrole nitrogens is 1. The Morgan fingerprint density at radius 1 is 1.00 bits per heavy atom. The Hall–Kier alpha value is -3.07. The number of para-hydroxylation sites is 1. The van der Waals surface area contributed by atoms with E-state index in [9.17, 15) is 4.79 Å². The minimum atomic E-state index is -0.396. The molecule has 0 bridgehead atoms. The molecule has 1 amide bonds. The zero-order valence-electron chi connectivity index (χ0n) is 17.0. The number of fused-ring (bicyclic) bond motifs is 2. The molecule has 2 atom stereocenters. The zero-order chi connectivity index (χ0) is 20.0. The summed E-state index contributed by atoms with van der Waals surface area (Å²) in [4.78, 5) is 16.9. The first-order chi connectivity index (χ1) is 14.2. The lowest BCUT2D eigenvalue weighted by molar-refractivity contribution is -0.118. The number of anilines is 1. The normalized spacial score (nSPS) is 21.9. The number of nitrogens with one attached hydrogen (secondary N) is 2. The summed E-state index contributed by atoms with van der Waals surface area (Å²) in [6.45, 7) is 4.38. The van der Waals surface area contributed by atoms with Crippen LogP contribution in [0, 0.1) is 0 Å². The number of hydrogen-bond acceptors (Lipinski definition) is 1. The summed E-state index contributed by atoms with van der Waals surface area (Å²) in [6, 6.07) is 18.9. The molecule has 5 rings (SSSR count). The second kappa shape index (κ2) is 6.77. The van der Waals surface area contributed by atoms with Crippen LogP contribution in [0.5, 0.6) is 0 Å². The number of hydrogen-bond donors (Lipinski definition) is 2. The van der Waals surface area contributed by atoms with Gasteiger partial charge in [0.15, 0.2) is 0 Å². The van der Waals surface area contributed by atoms with Gasteiger partial charge in [-0.05, 0) is 47.2 Å². The van der Waals surface area contributed by atoms with Crippen molar-refractivity contribution in [2.75, 3.05) is 5.32 Å². The van der Waals surface area contributed by atoms with Gasteiger partial charge in [0.25, 0.3) is 0 Å². The molecule has 0 spiro atoms. The summed E-state index contributed by atoms with van der Waals surface area (Å²) in [5, 5.41) is 3.13. The second-order valence-corrected chi connectivity index (χ2v) is 8.15. The highest BCUT2D eigenvalue weighted by Crippen LogP contribution is 2.52. The third-order valence-corrected chi connectivity index (χ3v) is 6.61. The van der Waals surface area contributed by atoms with E-state index in [4.69, 9.17) is 0 Å². The van der Waals surface area contributed by atoms with E-state index in [1.165, 1.54) is 28.1 Å². The van der Waals surface area contributed by atoms with Crippen LogP contribution in [-0.2, 0) is 29.5 Å². The standard InChI is InChI=1S/C26H26N2O/c1-3-17-15-19(4-2)27-23(17)16-26(14-13-18-9-5-7-11-21(18)26)24-20-10-6-8-12-22(20)28-25(24)29/h5-15,24,27H,3-4,16H2,1-2H3,(H,28,29). The first-order valence-electron chi connectivity index (χ1n) is 10.5. The molecule has 29 heavy (non-hydrogen) atoms. The fourth-order valence-corrected chi connectivity index (χ4v) is 5.19. The van der Waals surface area contributed by atoms with E-state index in [0.29, 0.717) is 0 Å². The van der Waals surface area contributed by atoms with E-state index in [2.05, 4.69) is 72.7 Å². The highest BCUT2D eigenvalue weighted by molar-refractivity contribution is 6.05. The molecule has 3 nitrogen and oxygen atoms in total. The fraction of sp³-hybridized carbons (Fsp3) is 0.269. The Morgan fingerprint density at radius 2 is 1.79 bits per heavy atom. The molecule has 146 valence electrons. The Kier molecular flexibility index (Phi) is 4.20. The van der Waals surface area contributed by atoms with Gasteiger partial charge in [-0.1, -0.05) is 68.5 Å². The first-order valence-corrected chi connectivity index (χ1v) is 10.5. The molecule has 1 aliphatic carbocycles. The van der Waals surface area contributed by atoms with Gasteiger partial charge < -0.3 is 10.3 Å². The van der Waals surface area contributed by atoms with Gasteiger partial charge in [0, 0.05) is 28.9 Å². The number of amides is 1. The molecule has 2 unspecified atom stereocenters. The van der Waals surface area contributed by atoms with Gasteiger partial charge >= 0.3 is 0 Å². The van der Waals surface area contributed by atoms with Crippen LogP contribution >= 0.6 is 0 Å². The number of allylic oxidation sites excluding steroid dienone is 1. The summed E-state index contributed by atoms with van der Waals surface area (Å²) in [5.41, 5.74) is 7.96. The lowest BCUT2D eigenvalue weighted by Crippen LogP contribution is -2.37. The van der Waals surface area contributed by atoms with Crippen molar-refractivity contribution in [2.24, 2.45) is 0 Å². The maximum absolute atomic E-state index is 13.3. The Bertz CT molecular complexity index is 1120. The maximum Gasteiger partial charge on any atom is 0.233 e. The predicted molar refractivity (Wildman–Crippen MR) is 118 cm³/mol. The first kappa shape index (κ1) is 18.0. The van der Waals surface area contributed by atoms with Crippen molar-refractivity contribution in [3.63, 3.8) is 0 Å². The number of aromatic amines is 1. The summed E-state index contributed by atoms with van der Waals surface area (Å²) in [5.74, 6) is -0.149. The van der Waals surface area contributed by atoms with Crippen LogP contribution in [0.3, 0.4) is 0 Å². The number of carbonyl (C=O) groups excluding carboxylic acids is 1. The molecule has 0 saturated carbocycles. The molecule has 2 aromatic carbocycles. The van der Waals surface area contributed by atoms with E-state index in [1.54, 1.807) is 0 Å². The van der Waals surface area contributed by atoms with Gasteiger partial charge in [0.05, 0.1) is 5.92 Å². The number of benzene rings is 2. The van der Waals surface area contributed by atoms with Crippen molar-refractivity contribution >= 4 is 17.7 Å². The summed E-state index contributed by atoms with van der Waals surface area (Å²) < 4.78 is 0. The lowest BCUT2D eigenvalue weighted by atomic mass is 9.66. The Morgan fingerprint density at radius 3 is 2.62 bits per heavy atom. The maximum atomic E-state index is 13.3. The van der Waals surface area contributed by atoms with E-state index in [1.807, 2.05) is 18.2 Å². The molecular weight excluding hydrogens is 356 g/mol. The Labute approximate surface area is 171 Å². The molecule has 1 aromatic heterocycles. The van der Waals surface area contributed by atoms with Crippen LogP contribution in [0.4, 0.5) is 5.69 Å². The van der Waals surface area contributed by atoms with Crippen molar-refractivity contribution in [2.45, 2.75) is 44.4 Å². The van der Waals surface area contributed by atoms with Crippen LogP contribution in [0.25, 0.3) is 6.08 Å². The molecule has 3 aromatic rings.